The van der Waals surface area contributed by atoms with Crippen LogP contribution in [0, 0.1) is 0 Å². The number of carbonyl (C=O) groups excluding carboxylic acids is 1. The Morgan fingerprint density at radius 3 is 2.44 bits per heavy atom. The van der Waals surface area contributed by atoms with Gasteiger partial charge in [0.1, 0.15) is 0 Å². The third kappa shape index (κ3) is 2.24. The third-order valence-electron chi connectivity index (χ3n) is 2.27. The van der Waals surface area contributed by atoms with Gasteiger partial charge in [-0.05, 0) is 32.9 Å². The van der Waals surface area contributed by atoms with E-state index in [0.29, 0.717) is 5.56 Å². The van der Waals surface area contributed by atoms with E-state index in [1.165, 1.54) is 4.88 Å². The molecule has 0 aliphatic rings. The lowest BCUT2D eigenvalue weighted by Crippen LogP contribution is -2.13. The molecular formula is C12H10BrNOS. The summed E-state index contributed by atoms with van der Waals surface area (Å²) in [4.78, 5) is 12.5. The van der Waals surface area contributed by atoms with Crippen molar-refractivity contribution in [2.75, 3.05) is 6.54 Å². The molecule has 0 aliphatic heterocycles. The molecule has 16 heavy (non-hydrogen) atoms. The average molecular weight is 296 g/mol. The number of thiophene rings is 1. The predicted octanol–water partition coefficient (Wildman–Crippen LogP) is 3.32. The summed E-state index contributed by atoms with van der Waals surface area (Å²) < 4.78 is 1.08. The Morgan fingerprint density at radius 1 is 1.25 bits per heavy atom. The minimum Gasteiger partial charge on any atom is -0.324 e. The molecule has 0 amide bonds. The molecule has 82 valence electrons. The van der Waals surface area contributed by atoms with Gasteiger partial charge in [0.15, 0.2) is 5.78 Å². The standard InChI is InChI=1S/C12H10BrNOS/c13-10-5-6-16-12(10)9-3-1-8(2-4-9)11(15)7-14/h1-6H,7,14H2. The fourth-order valence-corrected chi connectivity index (χ4v) is 3.03. The van der Waals surface area contributed by atoms with Crippen LogP contribution in [0.15, 0.2) is 40.2 Å². The molecule has 2 rings (SSSR count). The highest BCUT2D eigenvalue weighted by Crippen LogP contribution is 2.33. The lowest BCUT2D eigenvalue weighted by molar-refractivity contribution is 0.100. The fraction of sp³-hybridized carbons (Fsp3) is 0.0833. The molecule has 1 aromatic heterocycles. The first-order valence-corrected chi connectivity index (χ1v) is 6.46. The van der Waals surface area contributed by atoms with Crippen molar-refractivity contribution in [3.63, 3.8) is 0 Å². The topological polar surface area (TPSA) is 43.1 Å². The van der Waals surface area contributed by atoms with Crippen LogP contribution in [0.5, 0.6) is 0 Å². The minimum atomic E-state index is -0.0307. The molecule has 2 nitrogen and oxygen atoms in total. The summed E-state index contributed by atoms with van der Waals surface area (Å²) in [5, 5.41) is 2.03. The second-order valence-electron chi connectivity index (χ2n) is 3.30. The summed E-state index contributed by atoms with van der Waals surface area (Å²) in [6, 6.07) is 9.53. The minimum absolute atomic E-state index is 0.0307. The van der Waals surface area contributed by atoms with Crippen molar-refractivity contribution in [3.05, 3.63) is 45.7 Å². The van der Waals surface area contributed by atoms with E-state index in [4.69, 9.17) is 5.73 Å². The molecule has 0 bridgehead atoms. The lowest BCUT2D eigenvalue weighted by Gasteiger charge is -2.01. The van der Waals surface area contributed by atoms with Crippen LogP contribution in [0.2, 0.25) is 0 Å². The maximum atomic E-state index is 11.3. The molecule has 2 aromatic rings. The molecule has 0 radical (unpaired) electrons. The van der Waals surface area contributed by atoms with Crippen LogP contribution in [-0.4, -0.2) is 12.3 Å². The SMILES string of the molecule is NCC(=O)c1ccc(-c2sccc2Br)cc1. The quantitative estimate of drug-likeness (QED) is 0.883. The molecular weight excluding hydrogens is 286 g/mol. The van der Waals surface area contributed by atoms with E-state index in [0.717, 1.165) is 10.0 Å². The van der Waals surface area contributed by atoms with Gasteiger partial charge in [0.05, 0.1) is 6.54 Å². The number of rotatable bonds is 3. The van der Waals surface area contributed by atoms with Crippen molar-refractivity contribution < 1.29 is 4.79 Å². The monoisotopic (exact) mass is 295 g/mol. The van der Waals surface area contributed by atoms with Crippen molar-refractivity contribution in [1.29, 1.82) is 0 Å². The highest BCUT2D eigenvalue weighted by molar-refractivity contribution is 9.10. The van der Waals surface area contributed by atoms with Gasteiger partial charge >= 0.3 is 0 Å². The smallest absolute Gasteiger partial charge is 0.176 e. The maximum Gasteiger partial charge on any atom is 0.176 e. The molecule has 0 unspecified atom stereocenters. The van der Waals surface area contributed by atoms with Crippen LogP contribution in [0.3, 0.4) is 0 Å². The van der Waals surface area contributed by atoms with Gasteiger partial charge in [-0.25, -0.2) is 0 Å². The largest absolute Gasteiger partial charge is 0.324 e. The molecule has 0 aliphatic carbocycles. The Hall–Kier alpha value is -0.970. The Bertz CT molecular complexity index is 504. The zero-order chi connectivity index (χ0) is 11.5. The van der Waals surface area contributed by atoms with Gasteiger partial charge in [0.2, 0.25) is 0 Å². The van der Waals surface area contributed by atoms with E-state index in [9.17, 15) is 4.79 Å². The first-order chi connectivity index (χ1) is 7.72. The Kier molecular flexibility index (Phi) is 3.53. The van der Waals surface area contributed by atoms with Gasteiger partial charge in [-0.2, -0.15) is 0 Å². The molecule has 2 N–H and O–H groups in total. The normalized spacial score (nSPS) is 10.4. The molecule has 1 heterocycles. The molecule has 0 saturated heterocycles. The zero-order valence-corrected chi connectivity index (χ0v) is 10.8. The highest BCUT2D eigenvalue weighted by Gasteiger charge is 2.06. The van der Waals surface area contributed by atoms with Crippen molar-refractivity contribution in [2.24, 2.45) is 5.73 Å². The lowest BCUT2D eigenvalue weighted by atomic mass is 10.1. The maximum absolute atomic E-state index is 11.3. The Balaban J connectivity index is 2.33. The Labute approximate surface area is 106 Å². The molecule has 4 heteroatoms. The summed E-state index contributed by atoms with van der Waals surface area (Å²) in [7, 11) is 0. The van der Waals surface area contributed by atoms with Crippen molar-refractivity contribution in [3.8, 4) is 10.4 Å². The second-order valence-corrected chi connectivity index (χ2v) is 5.07. The highest BCUT2D eigenvalue weighted by atomic mass is 79.9. The number of ketones is 1. The zero-order valence-electron chi connectivity index (χ0n) is 8.44. The van der Waals surface area contributed by atoms with E-state index in [2.05, 4.69) is 15.9 Å². The van der Waals surface area contributed by atoms with Gasteiger partial charge in [0, 0.05) is 14.9 Å². The van der Waals surface area contributed by atoms with E-state index >= 15 is 0 Å². The van der Waals surface area contributed by atoms with E-state index < -0.39 is 0 Å². The van der Waals surface area contributed by atoms with Crippen LogP contribution in [-0.2, 0) is 0 Å². The summed E-state index contributed by atoms with van der Waals surface area (Å²) >= 11 is 5.15. The van der Waals surface area contributed by atoms with Crippen LogP contribution >= 0.6 is 27.3 Å². The van der Waals surface area contributed by atoms with Crippen LogP contribution in [0.1, 0.15) is 10.4 Å². The van der Waals surface area contributed by atoms with Crippen LogP contribution in [0.25, 0.3) is 10.4 Å². The summed E-state index contributed by atoms with van der Waals surface area (Å²) in [5.41, 5.74) is 7.08. The van der Waals surface area contributed by atoms with E-state index in [-0.39, 0.29) is 12.3 Å². The molecule has 0 saturated carbocycles. The number of benzene rings is 1. The summed E-state index contributed by atoms with van der Waals surface area (Å²) in [6.45, 7) is 0.0576. The molecule has 0 atom stereocenters. The van der Waals surface area contributed by atoms with Gasteiger partial charge < -0.3 is 5.73 Å². The van der Waals surface area contributed by atoms with Gasteiger partial charge in [-0.3, -0.25) is 4.79 Å². The third-order valence-corrected chi connectivity index (χ3v) is 4.16. The predicted molar refractivity (Wildman–Crippen MR) is 70.8 cm³/mol. The number of hydrogen-bond donors (Lipinski definition) is 1. The van der Waals surface area contributed by atoms with Gasteiger partial charge in [-0.1, -0.05) is 24.3 Å². The number of carbonyl (C=O) groups is 1. The average Bonchev–Trinajstić information content (AvgIpc) is 2.75. The van der Waals surface area contributed by atoms with Crippen LogP contribution < -0.4 is 5.73 Å². The van der Waals surface area contributed by atoms with Crippen LogP contribution in [0.4, 0.5) is 0 Å². The second kappa shape index (κ2) is 4.91. The number of hydrogen-bond acceptors (Lipinski definition) is 3. The number of Topliss-reactive ketones (excluding diaryl/α,β-unsaturated/α-hetero) is 1. The Morgan fingerprint density at radius 2 is 1.94 bits per heavy atom. The molecule has 0 fully saturated rings. The fourth-order valence-electron chi connectivity index (χ4n) is 1.43. The summed E-state index contributed by atoms with van der Waals surface area (Å²) in [5.74, 6) is -0.0307. The first kappa shape index (κ1) is 11.5. The number of halogens is 1. The van der Waals surface area contributed by atoms with Crippen molar-refractivity contribution in [2.45, 2.75) is 0 Å². The van der Waals surface area contributed by atoms with Gasteiger partial charge in [-0.15, -0.1) is 11.3 Å². The van der Waals surface area contributed by atoms with E-state index in [1.54, 1.807) is 11.3 Å². The van der Waals surface area contributed by atoms with Gasteiger partial charge in [0.25, 0.3) is 0 Å². The van der Waals surface area contributed by atoms with Crippen molar-refractivity contribution >= 4 is 33.0 Å². The first-order valence-electron chi connectivity index (χ1n) is 4.79. The molecule has 0 spiro atoms. The number of nitrogens with two attached hydrogens (primary N) is 1. The summed E-state index contributed by atoms with van der Waals surface area (Å²) in [6.07, 6.45) is 0. The molecule has 1 aromatic carbocycles. The van der Waals surface area contributed by atoms with Crippen molar-refractivity contribution in [1.82, 2.24) is 0 Å². The van der Waals surface area contributed by atoms with E-state index in [1.807, 2.05) is 35.7 Å².